The second-order valence-corrected chi connectivity index (χ2v) is 9.73. The van der Waals surface area contributed by atoms with Gasteiger partial charge in [0.25, 0.3) is 5.91 Å². The third-order valence-corrected chi connectivity index (χ3v) is 7.37. The fraction of sp³-hybridized carbons (Fsp3) is 0.333. The molecular weight excluding hydrogens is 431 g/mol. The number of thiophene rings is 2. The Morgan fingerprint density at radius 2 is 1.71 bits per heavy atom. The van der Waals surface area contributed by atoms with Gasteiger partial charge < -0.3 is 10.2 Å². The third kappa shape index (κ3) is 5.40. The molecule has 0 saturated heterocycles. The Morgan fingerprint density at radius 1 is 1.00 bits per heavy atom. The van der Waals surface area contributed by atoms with E-state index >= 15 is 0 Å². The predicted octanol–water partition coefficient (Wildman–Crippen LogP) is 5.78. The molecule has 1 aliphatic carbocycles. The summed E-state index contributed by atoms with van der Waals surface area (Å²) in [6, 6.07) is 12.9. The SMILES string of the molecule is O=C(NC1CCCCC1)[C@H](c1cccs1)N(Cc1ccc(F)cc1)C(=O)c1cccs1. The largest absolute Gasteiger partial charge is 0.351 e. The summed E-state index contributed by atoms with van der Waals surface area (Å²) in [5, 5.41) is 6.97. The summed E-state index contributed by atoms with van der Waals surface area (Å²) in [5.74, 6) is -0.678. The number of nitrogens with zero attached hydrogens (tertiary/aromatic N) is 1. The number of carbonyl (C=O) groups is 2. The highest BCUT2D eigenvalue weighted by Gasteiger charge is 2.34. The van der Waals surface area contributed by atoms with E-state index in [0.717, 1.165) is 36.1 Å². The van der Waals surface area contributed by atoms with E-state index in [0.29, 0.717) is 4.88 Å². The van der Waals surface area contributed by atoms with Gasteiger partial charge in [-0.15, -0.1) is 22.7 Å². The zero-order valence-corrected chi connectivity index (χ0v) is 18.8. The summed E-state index contributed by atoms with van der Waals surface area (Å²) in [4.78, 5) is 30.0. The van der Waals surface area contributed by atoms with Crippen LogP contribution in [-0.2, 0) is 11.3 Å². The van der Waals surface area contributed by atoms with Crippen molar-refractivity contribution in [2.45, 2.75) is 50.7 Å². The molecular formula is C24H25FN2O2S2. The van der Waals surface area contributed by atoms with Crippen LogP contribution in [0.15, 0.2) is 59.3 Å². The Bertz CT molecular complexity index is 981. The van der Waals surface area contributed by atoms with Crippen LogP contribution >= 0.6 is 22.7 Å². The first kappa shape index (κ1) is 21.7. The van der Waals surface area contributed by atoms with Gasteiger partial charge in [-0.1, -0.05) is 43.5 Å². The van der Waals surface area contributed by atoms with Crippen molar-refractivity contribution < 1.29 is 14.0 Å². The first-order valence-electron chi connectivity index (χ1n) is 10.5. The number of benzene rings is 1. The summed E-state index contributed by atoms with van der Waals surface area (Å²) >= 11 is 2.82. The van der Waals surface area contributed by atoms with Crippen molar-refractivity contribution in [1.29, 1.82) is 0 Å². The van der Waals surface area contributed by atoms with Crippen LogP contribution in [0.2, 0.25) is 0 Å². The number of amides is 2. The van der Waals surface area contributed by atoms with Crippen LogP contribution in [0, 0.1) is 5.82 Å². The molecule has 4 rings (SSSR count). The first-order chi connectivity index (χ1) is 15.1. The quantitative estimate of drug-likeness (QED) is 0.490. The molecule has 0 bridgehead atoms. The lowest BCUT2D eigenvalue weighted by molar-refractivity contribution is -0.127. The molecule has 0 radical (unpaired) electrons. The molecule has 2 amide bonds. The summed E-state index contributed by atoms with van der Waals surface area (Å²) in [6.07, 6.45) is 5.37. The average molecular weight is 457 g/mol. The number of nitrogens with one attached hydrogen (secondary N) is 1. The molecule has 1 atom stereocenters. The number of halogens is 1. The van der Waals surface area contributed by atoms with Gasteiger partial charge in [-0.05, 0) is 53.4 Å². The fourth-order valence-electron chi connectivity index (χ4n) is 4.01. The van der Waals surface area contributed by atoms with E-state index in [-0.39, 0.29) is 30.2 Å². The van der Waals surface area contributed by atoms with Crippen LogP contribution in [0.4, 0.5) is 4.39 Å². The third-order valence-electron chi connectivity index (χ3n) is 5.58. The van der Waals surface area contributed by atoms with E-state index in [2.05, 4.69) is 5.32 Å². The zero-order chi connectivity index (χ0) is 21.6. The van der Waals surface area contributed by atoms with E-state index in [1.807, 2.05) is 29.0 Å². The van der Waals surface area contributed by atoms with Crippen molar-refractivity contribution in [3.05, 3.63) is 80.4 Å². The van der Waals surface area contributed by atoms with E-state index in [9.17, 15) is 14.0 Å². The van der Waals surface area contributed by atoms with Crippen molar-refractivity contribution in [3.63, 3.8) is 0 Å². The Balaban J connectivity index is 1.67. The highest BCUT2D eigenvalue weighted by molar-refractivity contribution is 7.12. The molecule has 3 aromatic rings. The van der Waals surface area contributed by atoms with Crippen LogP contribution in [0.5, 0.6) is 0 Å². The topological polar surface area (TPSA) is 49.4 Å². The molecule has 2 aromatic heterocycles. The van der Waals surface area contributed by atoms with Gasteiger partial charge in [-0.25, -0.2) is 4.39 Å². The van der Waals surface area contributed by atoms with Crippen molar-refractivity contribution >= 4 is 34.5 Å². The van der Waals surface area contributed by atoms with Gasteiger partial charge in [0.15, 0.2) is 0 Å². The molecule has 1 N–H and O–H groups in total. The summed E-state index contributed by atoms with van der Waals surface area (Å²) in [5.41, 5.74) is 0.776. The van der Waals surface area contributed by atoms with Gasteiger partial charge in [-0.3, -0.25) is 9.59 Å². The van der Waals surface area contributed by atoms with Gasteiger partial charge in [-0.2, -0.15) is 0 Å². The fourth-order valence-corrected chi connectivity index (χ4v) is 5.52. The predicted molar refractivity (Wildman–Crippen MR) is 123 cm³/mol. The molecule has 0 spiro atoms. The molecule has 1 aromatic carbocycles. The molecule has 1 fully saturated rings. The minimum absolute atomic E-state index is 0.147. The van der Waals surface area contributed by atoms with Crippen LogP contribution in [0.1, 0.15) is 58.3 Å². The number of hydrogen-bond donors (Lipinski definition) is 1. The number of carbonyl (C=O) groups excluding carboxylic acids is 2. The molecule has 4 nitrogen and oxygen atoms in total. The molecule has 2 heterocycles. The zero-order valence-electron chi connectivity index (χ0n) is 17.1. The van der Waals surface area contributed by atoms with Crippen LogP contribution < -0.4 is 5.32 Å². The van der Waals surface area contributed by atoms with E-state index < -0.39 is 6.04 Å². The second-order valence-electron chi connectivity index (χ2n) is 7.80. The lowest BCUT2D eigenvalue weighted by Gasteiger charge is -2.32. The van der Waals surface area contributed by atoms with Gasteiger partial charge in [0.1, 0.15) is 11.9 Å². The smallest absolute Gasteiger partial charge is 0.265 e. The summed E-state index contributed by atoms with van der Waals surface area (Å²) in [7, 11) is 0. The van der Waals surface area contributed by atoms with E-state index in [1.54, 1.807) is 23.1 Å². The Hall–Kier alpha value is -2.51. The lowest BCUT2D eigenvalue weighted by atomic mass is 9.95. The van der Waals surface area contributed by atoms with E-state index in [4.69, 9.17) is 0 Å². The summed E-state index contributed by atoms with van der Waals surface area (Å²) in [6.45, 7) is 0.220. The molecule has 162 valence electrons. The minimum atomic E-state index is -0.735. The van der Waals surface area contributed by atoms with Crippen molar-refractivity contribution in [1.82, 2.24) is 10.2 Å². The summed E-state index contributed by atoms with van der Waals surface area (Å²) < 4.78 is 13.4. The molecule has 31 heavy (non-hydrogen) atoms. The van der Waals surface area contributed by atoms with Gasteiger partial charge in [0, 0.05) is 17.5 Å². The molecule has 1 saturated carbocycles. The van der Waals surface area contributed by atoms with Crippen LogP contribution in [0.25, 0.3) is 0 Å². The Kier molecular flexibility index (Phi) is 7.14. The highest BCUT2D eigenvalue weighted by atomic mass is 32.1. The lowest BCUT2D eigenvalue weighted by Crippen LogP contribution is -2.46. The maximum atomic E-state index is 13.5. The van der Waals surface area contributed by atoms with Crippen LogP contribution in [0.3, 0.4) is 0 Å². The molecule has 0 unspecified atom stereocenters. The second kappa shape index (κ2) is 10.2. The van der Waals surface area contributed by atoms with Gasteiger partial charge in [0.2, 0.25) is 5.91 Å². The Labute approximate surface area is 189 Å². The number of hydrogen-bond acceptors (Lipinski definition) is 4. The van der Waals surface area contributed by atoms with Gasteiger partial charge in [0.05, 0.1) is 4.88 Å². The molecule has 0 aliphatic heterocycles. The minimum Gasteiger partial charge on any atom is -0.351 e. The number of rotatable bonds is 7. The maximum Gasteiger partial charge on any atom is 0.265 e. The van der Waals surface area contributed by atoms with Crippen molar-refractivity contribution in [2.75, 3.05) is 0 Å². The van der Waals surface area contributed by atoms with Crippen molar-refractivity contribution in [3.8, 4) is 0 Å². The van der Waals surface area contributed by atoms with Gasteiger partial charge >= 0.3 is 0 Å². The van der Waals surface area contributed by atoms with Crippen LogP contribution in [-0.4, -0.2) is 22.8 Å². The molecule has 7 heteroatoms. The first-order valence-corrected chi connectivity index (χ1v) is 12.3. The normalized spacial score (nSPS) is 15.4. The monoisotopic (exact) mass is 456 g/mol. The average Bonchev–Trinajstić information content (AvgIpc) is 3.50. The Morgan fingerprint density at radius 3 is 2.35 bits per heavy atom. The van der Waals surface area contributed by atoms with E-state index in [1.165, 1.54) is 41.2 Å². The van der Waals surface area contributed by atoms with Crippen molar-refractivity contribution in [2.24, 2.45) is 0 Å². The molecule has 1 aliphatic rings. The highest BCUT2D eigenvalue weighted by Crippen LogP contribution is 2.30. The maximum absolute atomic E-state index is 13.5. The standard InChI is InChI=1S/C24H25FN2O2S2/c25-18-12-10-17(11-13-18)16-27(24(29)21-9-5-15-31-21)22(20-8-4-14-30-20)23(28)26-19-6-2-1-3-7-19/h4-5,8-15,19,22H,1-3,6-7,16H2,(H,26,28)/t22-/m0/s1.